The molecule has 2 aliphatic carbocycles. The number of carbonyl (C=O) groups is 4. The fourth-order valence-electron chi connectivity index (χ4n) is 7.65. The molecule has 1 aromatic heterocycles. The molecule has 19 heteroatoms. The lowest BCUT2D eigenvalue weighted by Crippen LogP contribution is -2.59. The van der Waals surface area contributed by atoms with Crippen LogP contribution in [0.5, 0.6) is 11.6 Å². The van der Waals surface area contributed by atoms with Gasteiger partial charge in [-0.2, -0.15) is 13.2 Å². The molecule has 2 aliphatic heterocycles. The van der Waals surface area contributed by atoms with Crippen LogP contribution in [0, 0.1) is 17.8 Å². The molecule has 7 atom stereocenters. The third kappa shape index (κ3) is 8.37. The van der Waals surface area contributed by atoms with E-state index in [0.29, 0.717) is 44.3 Å². The zero-order valence-electron chi connectivity index (χ0n) is 31.5. The number of amides is 4. The summed E-state index contributed by atoms with van der Waals surface area (Å²) in [5.74, 6) is -4.32. The average Bonchev–Trinajstić information content (AvgIpc) is 4.00. The topological polar surface area (TPSA) is 206 Å². The molecule has 4 aliphatic rings. The fourth-order valence-corrected chi connectivity index (χ4v) is 8.96. The number of fused-ring (bicyclic) bond motifs is 3. The Morgan fingerprint density at radius 3 is 2.50 bits per heavy atom. The van der Waals surface area contributed by atoms with E-state index in [2.05, 4.69) is 25.3 Å². The number of nitrogens with one attached hydrogen (secondary N) is 3. The Bertz CT molecular complexity index is 2030. The summed E-state index contributed by atoms with van der Waals surface area (Å²) >= 11 is 0. The number of halogens is 3. The van der Waals surface area contributed by atoms with Crippen LogP contribution < -0.4 is 24.8 Å². The number of carboxylic acid groups (broad SMARTS) is 1. The van der Waals surface area contributed by atoms with Crippen LogP contribution in [0.1, 0.15) is 84.8 Å². The van der Waals surface area contributed by atoms with Crippen molar-refractivity contribution in [3.63, 3.8) is 0 Å². The van der Waals surface area contributed by atoms with Gasteiger partial charge in [-0.3, -0.25) is 19.1 Å². The van der Waals surface area contributed by atoms with Gasteiger partial charge in [-0.25, -0.2) is 23.2 Å². The number of carbonyl (C=O) groups excluding carboxylic acids is 3. The summed E-state index contributed by atoms with van der Waals surface area (Å²) in [6.45, 7) is 6.83. The van der Waals surface area contributed by atoms with E-state index < -0.39 is 98.4 Å². The van der Waals surface area contributed by atoms with Crippen LogP contribution in [-0.4, -0.2) is 93.8 Å². The summed E-state index contributed by atoms with van der Waals surface area (Å²) in [5, 5.41) is 14.8. The van der Waals surface area contributed by atoms with Gasteiger partial charge < -0.3 is 30.1 Å². The second kappa shape index (κ2) is 15.3. The predicted molar refractivity (Wildman–Crippen MR) is 195 cm³/mol. The quantitative estimate of drug-likeness (QED) is 0.263. The van der Waals surface area contributed by atoms with E-state index >= 15 is 0 Å². The van der Waals surface area contributed by atoms with Gasteiger partial charge in [0, 0.05) is 18.4 Å². The first kappa shape index (κ1) is 41.0. The number of benzene rings is 1. The van der Waals surface area contributed by atoms with Crippen LogP contribution in [0.3, 0.4) is 0 Å². The number of ether oxygens (including phenoxy) is 2. The largest absolute Gasteiger partial charge is 0.494 e. The third-order valence-corrected chi connectivity index (χ3v) is 13.5. The van der Waals surface area contributed by atoms with Crippen molar-refractivity contribution in [2.45, 2.75) is 114 Å². The van der Waals surface area contributed by atoms with Crippen molar-refractivity contribution in [2.24, 2.45) is 17.8 Å². The van der Waals surface area contributed by atoms with Gasteiger partial charge in [-0.05, 0) is 76.3 Å². The van der Waals surface area contributed by atoms with Crippen molar-refractivity contribution in [1.29, 1.82) is 0 Å². The van der Waals surface area contributed by atoms with E-state index in [1.807, 2.05) is 13.0 Å². The number of hydrogen-bond donors (Lipinski definition) is 4. The van der Waals surface area contributed by atoms with Crippen molar-refractivity contribution < 1.29 is 55.3 Å². The zero-order valence-corrected chi connectivity index (χ0v) is 32.3. The molecule has 306 valence electrons. The molecule has 0 radical (unpaired) electrons. The van der Waals surface area contributed by atoms with Crippen LogP contribution in [0.2, 0.25) is 0 Å². The molecule has 3 heterocycles. The molecule has 0 unspecified atom stereocenters. The van der Waals surface area contributed by atoms with Gasteiger partial charge in [0.25, 0.3) is 5.91 Å². The first-order valence-corrected chi connectivity index (χ1v) is 20.3. The zero-order chi connectivity index (χ0) is 40.8. The molecule has 3 fully saturated rings. The smallest absolute Gasteiger partial charge is 0.438 e. The fraction of sp³-hybridized carbons (Fsp3) is 0.622. The summed E-state index contributed by atoms with van der Waals surface area (Å²) in [6.07, 6.45) is -1.77. The molecule has 6 rings (SSSR count). The summed E-state index contributed by atoms with van der Waals surface area (Å²) in [6, 6.07) is 1.37. The van der Waals surface area contributed by atoms with Gasteiger partial charge in [0.1, 0.15) is 29.5 Å². The van der Waals surface area contributed by atoms with Crippen LogP contribution >= 0.6 is 0 Å². The lowest BCUT2D eigenvalue weighted by molar-refractivity contribution is -0.143. The molecule has 4 N–H and O–H groups in total. The number of nitrogens with zero attached hydrogens (tertiary/aromatic N) is 3. The predicted octanol–water partition coefficient (Wildman–Crippen LogP) is 4.31. The third-order valence-electron chi connectivity index (χ3n) is 11.3. The van der Waals surface area contributed by atoms with Crippen molar-refractivity contribution >= 4 is 44.9 Å². The molecule has 56 heavy (non-hydrogen) atoms. The summed E-state index contributed by atoms with van der Waals surface area (Å²) in [7, 11) is -4.11. The second-order valence-corrected chi connectivity index (χ2v) is 17.7. The molecular weight excluding hydrogens is 762 g/mol. The molecule has 2 aromatic rings. The van der Waals surface area contributed by atoms with Gasteiger partial charge >= 0.3 is 12.3 Å². The molecule has 4 amide bonds. The highest BCUT2D eigenvalue weighted by atomic mass is 32.2. The minimum Gasteiger partial charge on any atom is -0.494 e. The first-order chi connectivity index (χ1) is 26.3. The highest BCUT2D eigenvalue weighted by Gasteiger charge is 2.63. The number of hydrogen-bond acceptors (Lipinski definition) is 10. The Morgan fingerprint density at radius 1 is 1.12 bits per heavy atom. The first-order valence-electron chi connectivity index (χ1n) is 18.8. The van der Waals surface area contributed by atoms with Crippen molar-refractivity contribution in [3.05, 3.63) is 36.0 Å². The lowest BCUT2D eigenvalue weighted by Gasteiger charge is -2.33. The standard InChI is InChI=1S/C37H47F3N6O9S/c1-5-21-15-20(3)9-7-8-10-22-18-36(22,33(49)45-56(52,53)35(4)13-14-35)44-30(47)27-17-24(19-46(27)32(48)28(21)43-34(50)51)55-31-29(37(38,39)40)41-25-12-11-23(54-6-2)16-26(25)42-31/h8,10-12,16,20-22,24,27-28,43H,5-7,9,13-15,17-19H2,1-4H3,(H,44,47)(H,45,49)(H,50,51)/t20-,21-,22-,24-,27+,28+,36-/m1/s1. The maximum Gasteiger partial charge on any atom is 0.438 e. The van der Waals surface area contributed by atoms with Gasteiger partial charge in [0.2, 0.25) is 33.4 Å². The molecule has 2 saturated carbocycles. The highest BCUT2D eigenvalue weighted by molar-refractivity contribution is 7.91. The Kier molecular flexibility index (Phi) is 11.2. The van der Waals surface area contributed by atoms with Crippen LogP contribution in [0.25, 0.3) is 11.0 Å². The van der Waals surface area contributed by atoms with E-state index in [1.165, 1.54) is 25.1 Å². The van der Waals surface area contributed by atoms with E-state index in [-0.39, 0.29) is 36.4 Å². The Morgan fingerprint density at radius 2 is 1.86 bits per heavy atom. The maximum absolute atomic E-state index is 14.5. The van der Waals surface area contributed by atoms with Gasteiger partial charge in [0.15, 0.2) is 0 Å². The number of allylic oxidation sites excluding steroid dienone is 1. The number of sulfonamides is 1. The Hall–Kier alpha value is -4.68. The molecule has 15 nitrogen and oxygen atoms in total. The normalized spacial score (nSPS) is 29.2. The number of aromatic nitrogens is 2. The van der Waals surface area contributed by atoms with E-state index in [4.69, 9.17) is 9.47 Å². The Labute approximate surface area is 322 Å². The minimum atomic E-state index is -5.02. The van der Waals surface area contributed by atoms with Crippen molar-refractivity contribution in [3.8, 4) is 11.6 Å². The van der Waals surface area contributed by atoms with Gasteiger partial charge in [-0.15, -0.1) is 0 Å². The van der Waals surface area contributed by atoms with Gasteiger partial charge in [0.05, 0.1) is 28.9 Å². The van der Waals surface area contributed by atoms with Crippen molar-refractivity contribution in [2.75, 3.05) is 13.2 Å². The van der Waals surface area contributed by atoms with Crippen molar-refractivity contribution in [1.82, 2.24) is 30.2 Å². The van der Waals surface area contributed by atoms with Gasteiger partial charge in [-0.1, -0.05) is 32.4 Å². The minimum absolute atomic E-state index is 0.0121. The van der Waals surface area contributed by atoms with E-state index in [0.717, 1.165) is 4.90 Å². The van der Waals surface area contributed by atoms with Crippen LogP contribution in [-0.2, 0) is 30.6 Å². The van der Waals surface area contributed by atoms with Crippen LogP contribution in [0.15, 0.2) is 30.4 Å². The summed E-state index contributed by atoms with van der Waals surface area (Å²) < 4.78 is 81.8. The maximum atomic E-state index is 14.5. The molecule has 0 bridgehead atoms. The molecule has 1 saturated heterocycles. The SMILES string of the molecule is CCOc1ccc2nc(C(F)(F)F)c(O[C@@H]3C[C@H]4C(=O)N[C@]5(C(=O)NS(=O)(=O)C6(C)CC6)C[C@H]5C=CCC[C@@H](C)C[C@@H](CC)[C@H](NC(=O)O)C(=O)N4C3)nc2c1. The summed E-state index contributed by atoms with van der Waals surface area (Å²) in [4.78, 5) is 63.7. The summed E-state index contributed by atoms with van der Waals surface area (Å²) in [5.41, 5.74) is -3.20. The monoisotopic (exact) mass is 808 g/mol. The molecular formula is C37H47F3N6O9S. The average molecular weight is 809 g/mol. The van der Waals surface area contributed by atoms with E-state index in [9.17, 15) is 45.9 Å². The Balaban J connectivity index is 1.38. The number of rotatable bonds is 9. The molecule has 0 spiro atoms. The number of alkyl halides is 3. The second-order valence-electron chi connectivity index (χ2n) is 15.5. The highest BCUT2D eigenvalue weighted by Crippen LogP contribution is 2.48. The van der Waals surface area contributed by atoms with Crippen LogP contribution in [0.4, 0.5) is 18.0 Å². The van der Waals surface area contributed by atoms with E-state index in [1.54, 1.807) is 19.9 Å². The molecule has 1 aromatic carbocycles. The lowest BCUT2D eigenvalue weighted by atomic mass is 9.85.